The van der Waals surface area contributed by atoms with Gasteiger partial charge in [-0.2, -0.15) is 13.2 Å². The molecule has 3 heterocycles. The normalized spacial score (nSPS) is 27.7. The van der Waals surface area contributed by atoms with E-state index < -0.39 is 12.1 Å². The molecule has 3 aliphatic rings. The Morgan fingerprint density at radius 2 is 1.65 bits per heavy atom. The van der Waals surface area contributed by atoms with E-state index in [4.69, 9.17) is 4.74 Å². The maximum atomic E-state index is 12.8. The number of hydrogen-bond donors (Lipinski definition) is 0. The van der Waals surface area contributed by atoms with Crippen LogP contribution in [0.15, 0.2) is 0 Å². The van der Waals surface area contributed by atoms with Crippen LogP contribution >= 0.6 is 0 Å². The van der Waals surface area contributed by atoms with Crippen LogP contribution in [-0.4, -0.2) is 92.4 Å². The highest BCUT2D eigenvalue weighted by molar-refractivity contribution is 5.78. The fourth-order valence-corrected chi connectivity index (χ4v) is 4.30. The molecule has 0 radical (unpaired) electrons. The van der Waals surface area contributed by atoms with E-state index in [-0.39, 0.29) is 25.3 Å². The molecule has 5 nitrogen and oxygen atoms in total. The Morgan fingerprint density at radius 1 is 0.962 bits per heavy atom. The van der Waals surface area contributed by atoms with Gasteiger partial charge >= 0.3 is 6.18 Å². The van der Waals surface area contributed by atoms with E-state index in [9.17, 15) is 18.0 Å². The zero-order valence-electron chi connectivity index (χ0n) is 15.3. The number of alkyl halides is 3. The lowest BCUT2D eigenvalue weighted by atomic mass is 9.95. The highest BCUT2D eigenvalue weighted by atomic mass is 19.4. The van der Waals surface area contributed by atoms with E-state index >= 15 is 0 Å². The lowest BCUT2D eigenvalue weighted by Crippen LogP contribution is -2.49. The minimum atomic E-state index is -4.10. The molecule has 0 aromatic heterocycles. The summed E-state index contributed by atoms with van der Waals surface area (Å²) in [6.45, 7) is 7.01. The largest absolute Gasteiger partial charge is 0.391 e. The summed E-state index contributed by atoms with van der Waals surface area (Å²) >= 11 is 0. The molecule has 0 unspecified atom stereocenters. The predicted molar refractivity (Wildman–Crippen MR) is 91.8 cm³/mol. The smallest absolute Gasteiger partial charge is 0.379 e. The number of hydrogen-bond acceptors (Lipinski definition) is 4. The third kappa shape index (κ3) is 5.57. The number of halogens is 3. The number of ether oxygens (including phenoxy) is 1. The molecular weight excluding hydrogens is 347 g/mol. The van der Waals surface area contributed by atoms with Crippen LogP contribution in [-0.2, 0) is 9.53 Å². The number of piperidine rings is 2. The Labute approximate surface area is 153 Å². The fourth-order valence-electron chi connectivity index (χ4n) is 4.30. The molecule has 1 atom stereocenters. The molecule has 3 saturated heterocycles. The Kier molecular flexibility index (Phi) is 6.80. The molecule has 3 fully saturated rings. The molecule has 0 aromatic rings. The van der Waals surface area contributed by atoms with Crippen molar-refractivity contribution >= 4 is 5.91 Å². The highest BCUT2D eigenvalue weighted by Gasteiger charge is 2.41. The van der Waals surface area contributed by atoms with Gasteiger partial charge in [-0.05, 0) is 44.7 Å². The topological polar surface area (TPSA) is 36.0 Å². The molecule has 0 aromatic carbocycles. The summed E-state index contributed by atoms with van der Waals surface area (Å²) in [5.74, 6) is -0.648. The van der Waals surface area contributed by atoms with Crippen molar-refractivity contribution in [1.82, 2.24) is 14.7 Å². The maximum absolute atomic E-state index is 12.8. The van der Waals surface area contributed by atoms with Gasteiger partial charge in [-0.1, -0.05) is 0 Å². The second-order valence-electron chi connectivity index (χ2n) is 7.85. The van der Waals surface area contributed by atoms with Crippen LogP contribution in [0.3, 0.4) is 0 Å². The van der Waals surface area contributed by atoms with Gasteiger partial charge in [0.1, 0.15) is 0 Å². The Bertz CT molecular complexity index is 461. The molecule has 1 amide bonds. The highest BCUT2D eigenvalue weighted by Crippen LogP contribution is 2.34. The van der Waals surface area contributed by atoms with Crippen LogP contribution in [0, 0.1) is 11.8 Å². The van der Waals surface area contributed by atoms with E-state index in [1.807, 2.05) is 9.80 Å². The summed E-state index contributed by atoms with van der Waals surface area (Å²) < 4.78 is 43.6. The van der Waals surface area contributed by atoms with Crippen molar-refractivity contribution in [3.63, 3.8) is 0 Å². The van der Waals surface area contributed by atoms with Crippen LogP contribution in [0.4, 0.5) is 13.2 Å². The van der Waals surface area contributed by atoms with E-state index in [0.717, 1.165) is 58.8 Å². The Balaban J connectivity index is 1.41. The molecule has 0 aliphatic carbocycles. The summed E-state index contributed by atoms with van der Waals surface area (Å²) in [5, 5.41) is 0. The van der Waals surface area contributed by atoms with E-state index in [1.165, 1.54) is 0 Å². The molecule has 0 bridgehead atoms. The number of rotatable bonds is 4. The summed E-state index contributed by atoms with van der Waals surface area (Å²) in [5.41, 5.74) is 0. The van der Waals surface area contributed by atoms with Crippen LogP contribution < -0.4 is 0 Å². The second kappa shape index (κ2) is 8.89. The quantitative estimate of drug-likeness (QED) is 0.749. The summed E-state index contributed by atoms with van der Waals surface area (Å²) in [6.07, 6.45) is -1.74. The van der Waals surface area contributed by atoms with Crippen LogP contribution in [0.5, 0.6) is 0 Å². The average Bonchev–Trinajstić information content (AvgIpc) is 2.62. The SMILES string of the molecule is O=C(CN1CCC(C(F)(F)F)CC1)N1CCC[C@H](CN2CCOCC2)C1. The molecule has 3 rings (SSSR count). The summed E-state index contributed by atoms with van der Waals surface area (Å²) in [6, 6.07) is 0. The van der Waals surface area contributed by atoms with E-state index in [1.54, 1.807) is 0 Å². The summed E-state index contributed by atoms with van der Waals surface area (Å²) in [7, 11) is 0. The third-order valence-electron chi connectivity index (χ3n) is 5.90. The van der Waals surface area contributed by atoms with Gasteiger partial charge in [-0.15, -0.1) is 0 Å². The van der Waals surface area contributed by atoms with Gasteiger partial charge in [0, 0.05) is 32.7 Å². The van der Waals surface area contributed by atoms with Crippen LogP contribution in [0.25, 0.3) is 0 Å². The van der Waals surface area contributed by atoms with E-state index in [0.29, 0.717) is 19.0 Å². The van der Waals surface area contributed by atoms with Crippen molar-refractivity contribution < 1.29 is 22.7 Å². The number of amides is 1. The minimum Gasteiger partial charge on any atom is -0.379 e. The first-order valence-corrected chi connectivity index (χ1v) is 9.79. The minimum absolute atomic E-state index is 0.0714. The van der Waals surface area contributed by atoms with Crippen LogP contribution in [0.1, 0.15) is 25.7 Å². The molecule has 8 heteroatoms. The molecule has 0 saturated carbocycles. The van der Waals surface area contributed by atoms with Crippen molar-refractivity contribution in [1.29, 1.82) is 0 Å². The second-order valence-corrected chi connectivity index (χ2v) is 7.85. The van der Waals surface area contributed by atoms with Crippen molar-refractivity contribution in [2.75, 3.05) is 65.6 Å². The molecule has 150 valence electrons. The number of nitrogens with zero attached hydrogens (tertiary/aromatic N) is 3. The van der Waals surface area contributed by atoms with Gasteiger partial charge < -0.3 is 9.64 Å². The van der Waals surface area contributed by atoms with Gasteiger partial charge in [0.25, 0.3) is 0 Å². The number of morpholine rings is 1. The average molecular weight is 377 g/mol. The molecule has 0 N–H and O–H groups in total. The van der Waals surface area contributed by atoms with Gasteiger partial charge in [0.2, 0.25) is 5.91 Å². The Morgan fingerprint density at radius 3 is 2.31 bits per heavy atom. The van der Waals surface area contributed by atoms with Crippen molar-refractivity contribution in [2.45, 2.75) is 31.9 Å². The zero-order chi connectivity index (χ0) is 18.6. The standard InChI is InChI=1S/C18H30F3N3O2/c19-18(20,21)16-3-6-22(7-4-16)14-17(25)24-5-1-2-15(13-24)12-23-8-10-26-11-9-23/h15-16H,1-14H2/t15-/m1/s1. The predicted octanol–water partition coefficient (Wildman–Crippen LogP) is 1.83. The molecule has 26 heavy (non-hydrogen) atoms. The molecule has 0 spiro atoms. The van der Waals surface area contributed by atoms with Gasteiger partial charge in [0.15, 0.2) is 0 Å². The molecular formula is C18H30F3N3O2. The van der Waals surface area contributed by atoms with Gasteiger partial charge in [0.05, 0.1) is 25.7 Å². The lowest BCUT2D eigenvalue weighted by Gasteiger charge is -2.38. The zero-order valence-corrected chi connectivity index (χ0v) is 15.3. The molecule has 3 aliphatic heterocycles. The fraction of sp³-hybridized carbons (Fsp3) is 0.944. The monoisotopic (exact) mass is 377 g/mol. The van der Waals surface area contributed by atoms with Crippen molar-refractivity contribution in [3.05, 3.63) is 0 Å². The Hall–Kier alpha value is -0.860. The lowest BCUT2D eigenvalue weighted by molar-refractivity contribution is -0.185. The van der Waals surface area contributed by atoms with Crippen molar-refractivity contribution in [3.8, 4) is 0 Å². The first kappa shape index (κ1) is 19.9. The van der Waals surface area contributed by atoms with Crippen LogP contribution in [0.2, 0.25) is 0 Å². The number of likely N-dealkylation sites (tertiary alicyclic amines) is 2. The first-order chi connectivity index (χ1) is 12.4. The van der Waals surface area contributed by atoms with Gasteiger partial charge in [-0.3, -0.25) is 14.6 Å². The van der Waals surface area contributed by atoms with Crippen molar-refractivity contribution in [2.24, 2.45) is 11.8 Å². The third-order valence-corrected chi connectivity index (χ3v) is 5.90. The summed E-state index contributed by atoms with van der Waals surface area (Å²) in [4.78, 5) is 18.8. The maximum Gasteiger partial charge on any atom is 0.391 e. The number of carbonyl (C=O) groups excluding carboxylic acids is 1. The number of carbonyl (C=O) groups is 1. The van der Waals surface area contributed by atoms with E-state index in [2.05, 4.69) is 4.90 Å². The van der Waals surface area contributed by atoms with Gasteiger partial charge in [-0.25, -0.2) is 0 Å². The first-order valence-electron chi connectivity index (χ1n) is 9.79.